The molecule has 0 aromatic heterocycles. The molecule has 0 aliphatic carbocycles. The minimum absolute atomic E-state index is 0.706. The van der Waals surface area contributed by atoms with Gasteiger partial charge in [0.15, 0.2) is 0 Å². The van der Waals surface area contributed by atoms with Crippen molar-refractivity contribution < 1.29 is 32.5 Å². The molecule has 15 heavy (non-hydrogen) atoms. The van der Waals surface area contributed by atoms with Gasteiger partial charge in [0.05, 0.1) is 12.8 Å². The van der Waals surface area contributed by atoms with Crippen molar-refractivity contribution in [3.63, 3.8) is 0 Å². The Bertz CT molecular complexity index is 239. The van der Waals surface area contributed by atoms with E-state index in [0.717, 1.165) is 7.11 Å². The Hall–Kier alpha value is -1.08. The van der Waals surface area contributed by atoms with Crippen molar-refractivity contribution in [2.75, 3.05) is 7.11 Å². The van der Waals surface area contributed by atoms with Gasteiger partial charge >= 0.3 is 18.1 Å². The fourth-order valence-electron chi connectivity index (χ4n) is 0.693. The average molecular weight is 228 g/mol. The topological polar surface area (TPSA) is 55.8 Å². The largest absolute Gasteiger partial charge is 0.405 e. The van der Waals surface area contributed by atoms with Gasteiger partial charge in [-0.1, -0.05) is 6.58 Å². The molecule has 0 fully saturated rings. The molecular weight excluding hydrogens is 217 g/mol. The molecule has 0 radical (unpaired) electrons. The number of carbonyl (C=O) groups excluding carboxylic acids is 1. The van der Waals surface area contributed by atoms with E-state index in [0.29, 0.717) is 6.08 Å². The number of hydrogen-bond acceptors (Lipinski definition) is 4. The fourth-order valence-corrected chi connectivity index (χ4v) is 0.693. The van der Waals surface area contributed by atoms with Crippen LogP contribution in [0.4, 0.5) is 13.2 Å². The molecule has 0 aromatic rings. The Morgan fingerprint density at radius 3 is 2.33 bits per heavy atom. The first kappa shape index (κ1) is 13.9. The number of methoxy groups -OCH3 is 1. The van der Waals surface area contributed by atoms with Crippen LogP contribution in [0.25, 0.3) is 0 Å². The molecule has 0 saturated heterocycles. The van der Waals surface area contributed by atoms with E-state index in [-0.39, 0.29) is 0 Å². The SMILES string of the molecule is C=CC(=O)OC(O)(CCC(F)(F)F)OC. The highest BCUT2D eigenvalue weighted by Gasteiger charge is 2.37. The maximum atomic E-state index is 11.8. The summed E-state index contributed by atoms with van der Waals surface area (Å²) in [6.07, 6.45) is -5.99. The monoisotopic (exact) mass is 228 g/mol. The molecule has 4 nitrogen and oxygen atoms in total. The summed E-state index contributed by atoms with van der Waals surface area (Å²) < 4.78 is 43.9. The number of esters is 1. The van der Waals surface area contributed by atoms with E-state index >= 15 is 0 Å². The summed E-state index contributed by atoms with van der Waals surface area (Å²) in [5.74, 6) is -3.64. The minimum atomic E-state index is -4.47. The maximum absolute atomic E-state index is 11.8. The normalized spacial score (nSPS) is 15.5. The van der Waals surface area contributed by atoms with Crippen molar-refractivity contribution in [3.8, 4) is 0 Å². The molecule has 0 saturated carbocycles. The summed E-state index contributed by atoms with van der Waals surface area (Å²) in [6.45, 7) is 3.02. The first-order chi connectivity index (χ1) is 6.72. The first-order valence-corrected chi connectivity index (χ1v) is 3.92. The second kappa shape index (κ2) is 5.13. The smallest absolute Gasteiger partial charge is 0.389 e. The van der Waals surface area contributed by atoms with Crippen molar-refractivity contribution in [1.29, 1.82) is 0 Å². The Morgan fingerprint density at radius 2 is 2.00 bits per heavy atom. The minimum Gasteiger partial charge on any atom is -0.405 e. The maximum Gasteiger partial charge on any atom is 0.389 e. The standard InChI is InChI=1S/C8H11F3O4/c1-3-6(12)15-8(13,14-2)5-4-7(9,10)11/h3,13H,1,4-5H2,2H3. The number of aliphatic hydroxyl groups is 1. The van der Waals surface area contributed by atoms with Gasteiger partial charge < -0.3 is 14.6 Å². The van der Waals surface area contributed by atoms with Crippen LogP contribution in [-0.2, 0) is 14.3 Å². The lowest BCUT2D eigenvalue weighted by Crippen LogP contribution is -2.37. The van der Waals surface area contributed by atoms with Crippen molar-refractivity contribution in [2.45, 2.75) is 25.0 Å². The number of ether oxygens (including phenoxy) is 2. The zero-order chi connectivity index (χ0) is 12.1. The summed E-state index contributed by atoms with van der Waals surface area (Å²) in [5, 5.41) is 9.27. The highest BCUT2D eigenvalue weighted by molar-refractivity contribution is 5.81. The van der Waals surface area contributed by atoms with E-state index in [1.807, 2.05) is 0 Å². The van der Waals surface area contributed by atoms with E-state index in [4.69, 9.17) is 0 Å². The predicted molar refractivity (Wildman–Crippen MR) is 43.5 cm³/mol. The van der Waals surface area contributed by atoms with E-state index in [2.05, 4.69) is 16.1 Å². The van der Waals surface area contributed by atoms with Gasteiger partial charge in [0.1, 0.15) is 0 Å². The van der Waals surface area contributed by atoms with Gasteiger partial charge in [-0.15, -0.1) is 0 Å². The lowest BCUT2D eigenvalue weighted by molar-refractivity contribution is -0.339. The van der Waals surface area contributed by atoms with Gasteiger partial charge in [0.2, 0.25) is 0 Å². The molecule has 0 aliphatic rings. The van der Waals surface area contributed by atoms with Crippen LogP contribution in [0.2, 0.25) is 0 Å². The quantitative estimate of drug-likeness (QED) is 0.438. The molecule has 1 unspecified atom stereocenters. The molecule has 0 amide bonds. The molecule has 88 valence electrons. The molecule has 7 heteroatoms. The number of alkyl halides is 3. The van der Waals surface area contributed by atoms with Gasteiger partial charge in [-0.3, -0.25) is 0 Å². The van der Waals surface area contributed by atoms with Gasteiger partial charge in [-0.25, -0.2) is 4.79 Å². The predicted octanol–water partition coefficient (Wildman–Crippen LogP) is 1.35. The van der Waals surface area contributed by atoms with Crippen molar-refractivity contribution >= 4 is 5.97 Å². The molecule has 0 spiro atoms. The Labute approximate surface area is 84.3 Å². The van der Waals surface area contributed by atoms with Crippen LogP contribution < -0.4 is 0 Å². The molecule has 0 heterocycles. The Kier molecular flexibility index (Phi) is 4.76. The van der Waals surface area contributed by atoms with E-state index in [1.54, 1.807) is 0 Å². The summed E-state index contributed by atoms with van der Waals surface area (Å²) in [5.41, 5.74) is 0. The van der Waals surface area contributed by atoms with Crippen molar-refractivity contribution in [1.82, 2.24) is 0 Å². The van der Waals surface area contributed by atoms with Crippen LogP contribution in [0.15, 0.2) is 12.7 Å². The van der Waals surface area contributed by atoms with Gasteiger partial charge in [0, 0.05) is 13.2 Å². The molecule has 0 aromatic carbocycles. The first-order valence-electron chi connectivity index (χ1n) is 3.92. The van der Waals surface area contributed by atoms with Crippen LogP contribution >= 0.6 is 0 Å². The van der Waals surface area contributed by atoms with Crippen molar-refractivity contribution in [2.24, 2.45) is 0 Å². The van der Waals surface area contributed by atoms with Crippen LogP contribution in [0.3, 0.4) is 0 Å². The fraction of sp³-hybridized carbons (Fsp3) is 0.625. The molecule has 1 N–H and O–H groups in total. The molecule has 1 atom stereocenters. The van der Waals surface area contributed by atoms with Crippen molar-refractivity contribution in [3.05, 3.63) is 12.7 Å². The van der Waals surface area contributed by atoms with Crippen LogP contribution in [-0.4, -0.2) is 30.3 Å². The van der Waals surface area contributed by atoms with E-state index < -0.39 is 31.0 Å². The number of carbonyl (C=O) groups is 1. The summed E-state index contributed by atoms with van der Waals surface area (Å²) in [7, 11) is 0.923. The summed E-state index contributed by atoms with van der Waals surface area (Å²) in [4.78, 5) is 10.6. The van der Waals surface area contributed by atoms with Crippen LogP contribution in [0, 0.1) is 0 Å². The Balaban J connectivity index is 4.31. The lowest BCUT2D eigenvalue weighted by atomic mass is 10.2. The van der Waals surface area contributed by atoms with E-state index in [1.165, 1.54) is 0 Å². The zero-order valence-corrected chi connectivity index (χ0v) is 8.00. The zero-order valence-electron chi connectivity index (χ0n) is 8.00. The third-order valence-electron chi connectivity index (χ3n) is 1.47. The highest BCUT2D eigenvalue weighted by atomic mass is 19.4. The molecule has 0 bridgehead atoms. The molecule has 0 rings (SSSR count). The highest BCUT2D eigenvalue weighted by Crippen LogP contribution is 2.27. The lowest BCUT2D eigenvalue weighted by Gasteiger charge is -2.25. The van der Waals surface area contributed by atoms with Crippen LogP contribution in [0.1, 0.15) is 12.8 Å². The molecule has 0 aliphatic heterocycles. The third-order valence-corrected chi connectivity index (χ3v) is 1.47. The van der Waals surface area contributed by atoms with Crippen LogP contribution in [0.5, 0.6) is 0 Å². The molecular formula is C8H11F3O4. The van der Waals surface area contributed by atoms with Gasteiger partial charge in [-0.05, 0) is 0 Å². The Morgan fingerprint density at radius 1 is 1.47 bits per heavy atom. The second-order valence-corrected chi connectivity index (χ2v) is 2.66. The number of rotatable bonds is 5. The second-order valence-electron chi connectivity index (χ2n) is 2.66. The average Bonchev–Trinajstić information content (AvgIpc) is 2.14. The van der Waals surface area contributed by atoms with E-state index in [9.17, 15) is 23.1 Å². The number of halogens is 3. The number of hydrogen-bond donors (Lipinski definition) is 1. The van der Waals surface area contributed by atoms with Gasteiger partial charge in [-0.2, -0.15) is 13.2 Å². The third kappa shape index (κ3) is 6.08. The summed E-state index contributed by atoms with van der Waals surface area (Å²) >= 11 is 0. The van der Waals surface area contributed by atoms with Gasteiger partial charge in [0.25, 0.3) is 0 Å². The summed E-state index contributed by atoms with van der Waals surface area (Å²) in [6, 6.07) is 0.